The molecule has 0 aliphatic carbocycles. The summed E-state index contributed by atoms with van der Waals surface area (Å²) in [6, 6.07) is 0. The molecule has 4 nitrogen and oxygen atoms in total. The number of hydroxylamine groups is 2. The van der Waals surface area contributed by atoms with E-state index >= 15 is 0 Å². The monoisotopic (exact) mass is 201 g/mol. The number of nitrogens with zero attached hydrogens (tertiary/aromatic N) is 1. The Balaban J connectivity index is 3.76. The fraction of sp³-hybridized carbons (Fsp3) is 0.700. The van der Waals surface area contributed by atoms with Crippen molar-refractivity contribution in [3.63, 3.8) is 0 Å². The Labute approximate surface area is 85.1 Å². The first kappa shape index (κ1) is 13.1. The maximum absolute atomic E-state index is 11.1. The molecule has 1 amide bonds. The lowest BCUT2D eigenvalue weighted by Crippen LogP contribution is -2.23. The van der Waals surface area contributed by atoms with Gasteiger partial charge in [-0.15, -0.1) is 0 Å². The van der Waals surface area contributed by atoms with E-state index in [0.29, 0.717) is 6.42 Å². The highest BCUT2D eigenvalue weighted by Gasteiger charge is 2.03. The second-order valence-electron chi connectivity index (χ2n) is 3.10. The molecule has 0 aromatic carbocycles. The number of hydrogen-bond donors (Lipinski definition) is 1. The van der Waals surface area contributed by atoms with E-state index in [0.717, 1.165) is 17.9 Å². The smallest absolute Gasteiger partial charge is 0.269 e. The quantitative estimate of drug-likeness (QED) is 0.517. The fourth-order valence-corrected chi connectivity index (χ4v) is 0.972. The first-order valence-corrected chi connectivity index (χ1v) is 4.78. The molecule has 1 atom stereocenters. The van der Waals surface area contributed by atoms with E-state index in [-0.39, 0.29) is 12.0 Å². The number of likely N-dealkylation sites (N-methyl/N-ethyl adjacent to an activating group) is 1. The molecule has 0 saturated heterocycles. The van der Waals surface area contributed by atoms with E-state index in [2.05, 4.69) is 4.84 Å². The van der Waals surface area contributed by atoms with E-state index in [4.69, 9.17) is 0 Å². The standard InChI is InChI=1S/C10H19NO3/c1-4-6-9(12)7-5-8-10(13)11(2)14-3/h5,8-9,12H,4,6-7H2,1-3H3/b8-5+/t9-/m1/s1. The molecular weight excluding hydrogens is 182 g/mol. The van der Waals surface area contributed by atoms with Crippen molar-refractivity contribution >= 4 is 5.91 Å². The summed E-state index contributed by atoms with van der Waals surface area (Å²) in [5.74, 6) is -0.226. The summed E-state index contributed by atoms with van der Waals surface area (Å²) in [7, 11) is 2.97. The number of aliphatic hydroxyl groups excluding tert-OH is 1. The number of rotatable bonds is 6. The summed E-state index contributed by atoms with van der Waals surface area (Å²) < 4.78 is 0. The number of carbonyl (C=O) groups excluding carboxylic acids is 1. The van der Waals surface area contributed by atoms with Crippen molar-refractivity contribution in [1.82, 2.24) is 5.06 Å². The van der Waals surface area contributed by atoms with Crippen LogP contribution in [0.2, 0.25) is 0 Å². The third-order valence-electron chi connectivity index (χ3n) is 1.87. The third kappa shape index (κ3) is 5.72. The van der Waals surface area contributed by atoms with Crippen LogP contribution in [0.3, 0.4) is 0 Å². The van der Waals surface area contributed by atoms with Crippen molar-refractivity contribution < 1.29 is 14.7 Å². The van der Waals surface area contributed by atoms with Gasteiger partial charge in [-0.05, 0) is 12.8 Å². The first-order valence-electron chi connectivity index (χ1n) is 4.78. The molecule has 0 aliphatic rings. The Morgan fingerprint density at radius 3 is 2.79 bits per heavy atom. The molecule has 0 radical (unpaired) electrons. The second kappa shape index (κ2) is 7.53. The minimum absolute atomic E-state index is 0.226. The van der Waals surface area contributed by atoms with Crippen LogP contribution in [0, 0.1) is 0 Å². The Kier molecular flexibility index (Phi) is 7.06. The number of amides is 1. The van der Waals surface area contributed by atoms with Gasteiger partial charge in [0.2, 0.25) is 0 Å². The molecule has 0 spiro atoms. The summed E-state index contributed by atoms with van der Waals surface area (Å²) >= 11 is 0. The highest BCUT2D eigenvalue weighted by atomic mass is 16.7. The van der Waals surface area contributed by atoms with E-state index in [1.165, 1.54) is 20.2 Å². The predicted octanol–water partition coefficient (Wildman–Crippen LogP) is 1.11. The normalized spacial score (nSPS) is 13.1. The number of carbonyl (C=O) groups is 1. The maximum Gasteiger partial charge on any atom is 0.269 e. The fourth-order valence-electron chi connectivity index (χ4n) is 0.972. The molecule has 0 fully saturated rings. The molecule has 0 aromatic heterocycles. The zero-order valence-electron chi connectivity index (χ0n) is 9.06. The van der Waals surface area contributed by atoms with Crippen LogP contribution in [0.25, 0.3) is 0 Å². The average molecular weight is 201 g/mol. The zero-order valence-corrected chi connectivity index (χ0v) is 9.06. The molecule has 4 heteroatoms. The summed E-state index contributed by atoms with van der Waals surface area (Å²) in [5.41, 5.74) is 0. The maximum atomic E-state index is 11.1. The molecule has 0 rings (SSSR count). The number of aliphatic hydroxyl groups is 1. The van der Waals surface area contributed by atoms with Crippen molar-refractivity contribution in [2.75, 3.05) is 14.2 Å². The van der Waals surface area contributed by atoms with Gasteiger partial charge in [-0.25, -0.2) is 5.06 Å². The van der Waals surface area contributed by atoms with Gasteiger partial charge in [-0.3, -0.25) is 9.63 Å². The number of hydrogen-bond acceptors (Lipinski definition) is 3. The molecule has 1 N–H and O–H groups in total. The Hall–Kier alpha value is -0.870. The van der Waals surface area contributed by atoms with Crippen LogP contribution in [0.1, 0.15) is 26.2 Å². The van der Waals surface area contributed by atoms with Crippen LogP contribution >= 0.6 is 0 Å². The molecule has 0 unspecified atom stereocenters. The van der Waals surface area contributed by atoms with Gasteiger partial charge in [0.25, 0.3) is 5.91 Å². The Morgan fingerprint density at radius 2 is 2.29 bits per heavy atom. The van der Waals surface area contributed by atoms with Gasteiger partial charge in [0.05, 0.1) is 13.2 Å². The van der Waals surface area contributed by atoms with E-state index in [1.54, 1.807) is 6.08 Å². The largest absolute Gasteiger partial charge is 0.393 e. The average Bonchev–Trinajstić information content (AvgIpc) is 2.16. The Bertz CT molecular complexity index is 192. The van der Waals surface area contributed by atoms with Crippen LogP contribution in [-0.2, 0) is 9.63 Å². The lowest BCUT2D eigenvalue weighted by Gasteiger charge is -2.10. The van der Waals surface area contributed by atoms with Gasteiger partial charge >= 0.3 is 0 Å². The van der Waals surface area contributed by atoms with Gasteiger partial charge in [-0.2, -0.15) is 0 Å². The van der Waals surface area contributed by atoms with Crippen LogP contribution < -0.4 is 0 Å². The molecule has 0 saturated carbocycles. The van der Waals surface area contributed by atoms with Crippen molar-refractivity contribution in [2.24, 2.45) is 0 Å². The molecule has 14 heavy (non-hydrogen) atoms. The molecule has 0 aliphatic heterocycles. The van der Waals surface area contributed by atoms with Crippen LogP contribution in [0.5, 0.6) is 0 Å². The van der Waals surface area contributed by atoms with Crippen LogP contribution in [0.4, 0.5) is 0 Å². The zero-order chi connectivity index (χ0) is 11.0. The SMILES string of the molecule is CCC[C@@H](O)C/C=C/C(=O)N(C)OC. The van der Waals surface area contributed by atoms with Crippen molar-refractivity contribution in [2.45, 2.75) is 32.3 Å². The third-order valence-corrected chi connectivity index (χ3v) is 1.87. The van der Waals surface area contributed by atoms with Gasteiger partial charge in [0.15, 0.2) is 0 Å². The highest BCUT2D eigenvalue weighted by molar-refractivity contribution is 5.86. The van der Waals surface area contributed by atoms with Gasteiger partial charge < -0.3 is 5.11 Å². The van der Waals surface area contributed by atoms with Gasteiger partial charge in [-0.1, -0.05) is 19.4 Å². The Morgan fingerprint density at radius 1 is 1.64 bits per heavy atom. The summed E-state index contributed by atoms with van der Waals surface area (Å²) in [6.07, 6.45) is 4.94. The van der Waals surface area contributed by atoms with E-state index in [1.807, 2.05) is 6.92 Å². The second-order valence-corrected chi connectivity index (χ2v) is 3.10. The van der Waals surface area contributed by atoms with Gasteiger partial charge in [0, 0.05) is 13.1 Å². The molecule has 82 valence electrons. The summed E-state index contributed by atoms with van der Waals surface area (Å²) in [6.45, 7) is 2.01. The summed E-state index contributed by atoms with van der Waals surface area (Å²) in [5, 5.41) is 10.5. The van der Waals surface area contributed by atoms with Crippen LogP contribution in [0.15, 0.2) is 12.2 Å². The molecule has 0 bridgehead atoms. The predicted molar refractivity (Wildman–Crippen MR) is 54.5 cm³/mol. The van der Waals surface area contributed by atoms with Crippen LogP contribution in [-0.4, -0.2) is 36.3 Å². The van der Waals surface area contributed by atoms with E-state index < -0.39 is 0 Å². The van der Waals surface area contributed by atoms with Crippen molar-refractivity contribution in [3.8, 4) is 0 Å². The first-order chi connectivity index (χ1) is 6.61. The molecular formula is C10H19NO3. The topological polar surface area (TPSA) is 49.8 Å². The summed E-state index contributed by atoms with van der Waals surface area (Å²) in [4.78, 5) is 15.8. The molecule has 0 aromatic rings. The minimum atomic E-state index is -0.350. The van der Waals surface area contributed by atoms with Crippen molar-refractivity contribution in [3.05, 3.63) is 12.2 Å². The molecule has 0 heterocycles. The minimum Gasteiger partial charge on any atom is -0.393 e. The lowest BCUT2D eigenvalue weighted by molar-refractivity contribution is -0.162. The van der Waals surface area contributed by atoms with E-state index in [9.17, 15) is 9.90 Å². The highest BCUT2D eigenvalue weighted by Crippen LogP contribution is 2.01. The van der Waals surface area contributed by atoms with Crippen molar-refractivity contribution in [1.29, 1.82) is 0 Å². The lowest BCUT2D eigenvalue weighted by atomic mass is 10.1. The van der Waals surface area contributed by atoms with Gasteiger partial charge in [0.1, 0.15) is 0 Å².